The van der Waals surface area contributed by atoms with E-state index in [1.54, 1.807) is 22.7 Å². The minimum atomic E-state index is -4.41. The Morgan fingerprint density at radius 2 is 2.00 bits per heavy atom. The molecule has 0 spiro atoms. The normalized spacial score (nSPS) is 11.5. The monoisotopic (exact) mass is 334 g/mol. The summed E-state index contributed by atoms with van der Waals surface area (Å²) < 4.78 is 39.7. The maximum Gasteiger partial charge on any atom is 0.416 e. The van der Waals surface area contributed by atoms with E-state index in [4.69, 9.17) is 0 Å². The molecule has 2 aromatic heterocycles. The number of aromatic nitrogens is 2. The summed E-state index contributed by atoms with van der Waals surface area (Å²) in [6, 6.07) is 9.69. The van der Waals surface area contributed by atoms with Crippen LogP contribution in [0, 0.1) is 0 Å². The minimum Gasteiger partial charge on any atom is -0.334 e. The summed E-state index contributed by atoms with van der Waals surface area (Å²) in [6.45, 7) is -0.0213. The van der Waals surface area contributed by atoms with E-state index in [2.05, 4.69) is 15.6 Å². The van der Waals surface area contributed by atoms with E-state index >= 15 is 0 Å². The number of benzene rings is 1. The summed E-state index contributed by atoms with van der Waals surface area (Å²) in [5.41, 5.74) is 0.285. The highest BCUT2D eigenvalue weighted by Gasteiger charge is 2.30. The second-order valence-corrected chi connectivity index (χ2v) is 5.08. The number of pyridine rings is 1. The van der Waals surface area contributed by atoms with E-state index in [1.165, 1.54) is 18.3 Å². The number of anilines is 1. The van der Waals surface area contributed by atoms with Gasteiger partial charge in [-0.1, -0.05) is 18.2 Å². The first-order chi connectivity index (χ1) is 11.4. The molecule has 0 aliphatic carbocycles. The van der Waals surface area contributed by atoms with Gasteiger partial charge in [-0.25, -0.2) is 9.78 Å². The lowest BCUT2D eigenvalue weighted by molar-refractivity contribution is -0.137. The predicted octanol–water partition coefficient (Wildman–Crippen LogP) is 3.67. The molecule has 0 saturated heterocycles. The molecule has 0 saturated carbocycles. The standard InChI is InChI=1S/C16H13F3N4O/c17-16(18,19)12-5-3-4-11(8-12)9-21-15(24)22-14-10-20-13-6-1-2-7-23(13)14/h1-8,10H,9H2,(H2,21,22,24). The third-order valence-corrected chi connectivity index (χ3v) is 3.37. The number of alkyl halides is 3. The lowest BCUT2D eigenvalue weighted by Crippen LogP contribution is -2.28. The van der Waals surface area contributed by atoms with Crippen molar-refractivity contribution >= 4 is 17.5 Å². The molecular weight excluding hydrogens is 321 g/mol. The van der Waals surface area contributed by atoms with Crippen LogP contribution in [-0.2, 0) is 12.7 Å². The highest BCUT2D eigenvalue weighted by atomic mass is 19.4. The molecule has 0 aliphatic rings. The fraction of sp³-hybridized carbons (Fsp3) is 0.125. The fourth-order valence-electron chi connectivity index (χ4n) is 2.23. The highest BCUT2D eigenvalue weighted by Crippen LogP contribution is 2.29. The molecule has 0 aliphatic heterocycles. The van der Waals surface area contributed by atoms with Crippen molar-refractivity contribution in [2.45, 2.75) is 12.7 Å². The van der Waals surface area contributed by atoms with Gasteiger partial charge in [0.15, 0.2) is 0 Å². The van der Waals surface area contributed by atoms with Crippen LogP contribution in [0.1, 0.15) is 11.1 Å². The van der Waals surface area contributed by atoms with Crippen molar-refractivity contribution in [2.75, 3.05) is 5.32 Å². The van der Waals surface area contributed by atoms with E-state index in [0.717, 1.165) is 12.1 Å². The Morgan fingerprint density at radius 3 is 2.79 bits per heavy atom. The molecule has 3 aromatic rings. The van der Waals surface area contributed by atoms with E-state index in [9.17, 15) is 18.0 Å². The Bertz CT molecular complexity index is 873. The Hall–Kier alpha value is -3.03. The molecule has 124 valence electrons. The lowest BCUT2D eigenvalue weighted by Gasteiger charge is -2.10. The summed E-state index contributed by atoms with van der Waals surface area (Å²) in [4.78, 5) is 16.0. The molecule has 0 unspecified atom stereocenters. The van der Waals surface area contributed by atoms with Gasteiger partial charge in [0.25, 0.3) is 0 Å². The van der Waals surface area contributed by atoms with Crippen LogP contribution in [0.25, 0.3) is 5.65 Å². The Kier molecular flexibility index (Phi) is 4.11. The molecule has 0 bridgehead atoms. The van der Waals surface area contributed by atoms with Crippen molar-refractivity contribution in [3.05, 3.63) is 66.0 Å². The van der Waals surface area contributed by atoms with E-state index in [-0.39, 0.29) is 6.54 Å². The average molecular weight is 334 g/mol. The molecule has 0 fully saturated rings. The van der Waals surface area contributed by atoms with E-state index < -0.39 is 17.8 Å². The van der Waals surface area contributed by atoms with Gasteiger partial charge in [-0.2, -0.15) is 13.2 Å². The number of amides is 2. The first-order valence-electron chi connectivity index (χ1n) is 7.06. The summed E-state index contributed by atoms with van der Waals surface area (Å²) in [5, 5.41) is 5.13. The van der Waals surface area contributed by atoms with Gasteiger partial charge in [0.2, 0.25) is 0 Å². The zero-order valence-corrected chi connectivity index (χ0v) is 12.3. The van der Waals surface area contributed by atoms with Crippen LogP contribution in [0.2, 0.25) is 0 Å². The van der Waals surface area contributed by atoms with Crippen LogP contribution in [0.4, 0.5) is 23.8 Å². The molecule has 2 heterocycles. The SMILES string of the molecule is O=C(NCc1cccc(C(F)(F)F)c1)Nc1cnc2ccccn12. The van der Waals surface area contributed by atoms with Gasteiger partial charge in [0, 0.05) is 12.7 Å². The number of hydrogen-bond acceptors (Lipinski definition) is 2. The molecule has 0 atom stereocenters. The number of hydrogen-bond donors (Lipinski definition) is 2. The molecule has 0 radical (unpaired) electrons. The number of carbonyl (C=O) groups is 1. The number of nitrogens with zero attached hydrogens (tertiary/aromatic N) is 2. The molecule has 8 heteroatoms. The van der Waals surface area contributed by atoms with Gasteiger partial charge >= 0.3 is 12.2 Å². The minimum absolute atomic E-state index is 0.0213. The molecule has 1 aromatic carbocycles. The van der Waals surface area contributed by atoms with Crippen LogP contribution in [0.5, 0.6) is 0 Å². The molecule has 5 nitrogen and oxygen atoms in total. The van der Waals surface area contributed by atoms with Gasteiger partial charge in [-0.15, -0.1) is 0 Å². The zero-order chi connectivity index (χ0) is 17.2. The third kappa shape index (κ3) is 3.48. The van der Waals surface area contributed by atoms with Crippen LogP contribution in [0.15, 0.2) is 54.9 Å². The molecule has 2 amide bonds. The fourth-order valence-corrected chi connectivity index (χ4v) is 2.23. The molecule has 2 N–H and O–H groups in total. The Labute approximate surface area is 135 Å². The molecular formula is C16H13F3N4O. The maximum atomic E-state index is 12.7. The van der Waals surface area contributed by atoms with Crippen LogP contribution < -0.4 is 10.6 Å². The van der Waals surface area contributed by atoms with Gasteiger partial charge in [0.05, 0.1) is 11.8 Å². The molecule has 24 heavy (non-hydrogen) atoms. The zero-order valence-electron chi connectivity index (χ0n) is 12.3. The summed E-state index contributed by atoms with van der Waals surface area (Å²) >= 11 is 0. The second kappa shape index (κ2) is 6.23. The van der Waals surface area contributed by atoms with Crippen LogP contribution >= 0.6 is 0 Å². The lowest BCUT2D eigenvalue weighted by atomic mass is 10.1. The van der Waals surface area contributed by atoms with Gasteiger partial charge in [0.1, 0.15) is 11.5 Å². The number of carbonyl (C=O) groups excluding carboxylic acids is 1. The van der Waals surface area contributed by atoms with Crippen molar-refractivity contribution in [1.82, 2.24) is 14.7 Å². The van der Waals surface area contributed by atoms with Gasteiger partial charge in [-0.05, 0) is 29.8 Å². The number of nitrogens with one attached hydrogen (secondary N) is 2. The van der Waals surface area contributed by atoms with E-state index in [0.29, 0.717) is 17.0 Å². The maximum absolute atomic E-state index is 12.7. The number of halogens is 3. The van der Waals surface area contributed by atoms with Crippen molar-refractivity contribution < 1.29 is 18.0 Å². The largest absolute Gasteiger partial charge is 0.416 e. The third-order valence-electron chi connectivity index (χ3n) is 3.37. The van der Waals surface area contributed by atoms with Crippen molar-refractivity contribution in [3.8, 4) is 0 Å². The number of fused-ring (bicyclic) bond motifs is 1. The average Bonchev–Trinajstić information content (AvgIpc) is 2.96. The Balaban J connectivity index is 1.64. The predicted molar refractivity (Wildman–Crippen MR) is 82.5 cm³/mol. The number of imidazole rings is 1. The topological polar surface area (TPSA) is 58.4 Å². The van der Waals surface area contributed by atoms with Crippen molar-refractivity contribution in [2.24, 2.45) is 0 Å². The smallest absolute Gasteiger partial charge is 0.334 e. The van der Waals surface area contributed by atoms with Crippen molar-refractivity contribution in [1.29, 1.82) is 0 Å². The van der Waals surface area contributed by atoms with Crippen LogP contribution in [-0.4, -0.2) is 15.4 Å². The summed E-state index contributed by atoms with van der Waals surface area (Å²) in [5.74, 6) is 0.465. The summed E-state index contributed by atoms with van der Waals surface area (Å²) in [7, 11) is 0. The van der Waals surface area contributed by atoms with Crippen LogP contribution in [0.3, 0.4) is 0 Å². The number of urea groups is 1. The first-order valence-corrected chi connectivity index (χ1v) is 7.06. The van der Waals surface area contributed by atoms with E-state index in [1.807, 2.05) is 6.07 Å². The first kappa shape index (κ1) is 15.9. The summed E-state index contributed by atoms with van der Waals surface area (Å²) in [6.07, 6.45) is -1.17. The Morgan fingerprint density at radius 1 is 1.17 bits per heavy atom. The quantitative estimate of drug-likeness (QED) is 0.768. The van der Waals surface area contributed by atoms with Crippen molar-refractivity contribution in [3.63, 3.8) is 0 Å². The molecule has 3 rings (SSSR count). The highest BCUT2D eigenvalue weighted by molar-refractivity contribution is 5.88. The van der Waals surface area contributed by atoms with Gasteiger partial charge in [-0.3, -0.25) is 9.72 Å². The second-order valence-electron chi connectivity index (χ2n) is 5.08. The number of rotatable bonds is 3. The van der Waals surface area contributed by atoms with Gasteiger partial charge < -0.3 is 5.32 Å².